The molecular weight excluding hydrogens is 204 g/mol. The third-order valence-corrected chi connectivity index (χ3v) is 2.97. The van der Waals surface area contributed by atoms with Crippen LogP contribution in [0.5, 0.6) is 5.75 Å². The lowest BCUT2D eigenvalue weighted by Crippen LogP contribution is -2.31. The molecule has 2 heterocycles. The van der Waals surface area contributed by atoms with Crippen molar-refractivity contribution in [2.45, 2.75) is 6.42 Å². The largest absolute Gasteiger partial charge is 0.497 e. The fourth-order valence-corrected chi connectivity index (χ4v) is 2.19. The Bertz CT molecular complexity index is 572. The van der Waals surface area contributed by atoms with E-state index in [-0.39, 0.29) is 5.91 Å². The number of fused-ring (bicyclic) bond motifs is 3. The summed E-state index contributed by atoms with van der Waals surface area (Å²) in [6.45, 7) is 0.704. The number of carbonyl (C=O) groups is 1. The molecule has 1 aliphatic heterocycles. The van der Waals surface area contributed by atoms with E-state index < -0.39 is 0 Å². The molecule has 1 amide bonds. The Hall–Kier alpha value is -1.97. The van der Waals surface area contributed by atoms with Crippen molar-refractivity contribution < 1.29 is 9.53 Å². The van der Waals surface area contributed by atoms with Crippen molar-refractivity contribution in [2.75, 3.05) is 13.7 Å². The molecule has 4 nitrogen and oxygen atoms in total. The molecule has 0 saturated carbocycles. The first-order valence-electron chi connectivity index (χ1n) is 5.26. The molecular formula is C12H12N2O2. The van der Waals surface area contributed by atoms with Crippen molar-refractivity contribution in [3.05, 3.63) is 29.5 Å². The van der Waals surface area contributed by atoms with Crippen LogP contribution in [0.25, 0.3) is 10.9 Å². The molecule has 82 valence electrons. The second-order valence-corrected chi connectivity index (χ2v) is 3.90. The fraction of sp³-hybridized carbons (Fsp3) is 0.250. The van der Waals surface area contributed by atoms with Gasteiger partial charge in [0.15, 0.2) is 0 Å². The first kappa shape index (κ1) is 9.27. The average molecular weight is 216 g/mol. The number of rotatable bonds is 1. The molecule has 1 aliphatic rings. The topological polar surface area (TPSA) is 54.1 Å². The van der Waals surface area contributed by atoms with E-state index in [1.54, 1.807) is 7.11 Å². The molecule has 1 aromatic heterocycles. The first-order valence-corrected chi connectivity index (χ1v) is 5.26. The van der Waals surface area contributed by atoms with Crippen LogP contribution < -0.4 is 10.1 Å². The number of H-pyrrole nitrogens is 1. The Balaban J connectivity index is 2.31. The maximum Gasteiger partial charge on any atom is 0.253 e. The van der Waals surface area contributed by atoms with E-state index in [9.17, 15) is 4.79 Å². The van der Waals surface area contributed by atoms with Crippen LogP contribution in [0.3, 0.4) is 0 Å². The number of aromatic nitrogens is 1. The van der Waals surface area contributed by atoms with Gasteiger partial charge < -0.3 is 15.0 Å². The summed E-state index contributed by atoms with van der Waals surface area (Å²) in [4.78, 5) is 15.1. The van der Waals surface area contributed by atoms with Crippen LogP contribution in [0.1, 0.15) is 16.1 Å². The molecule has 0 spiro atoms. The van der Waals surface area contributed by atoms with E-state index in [1.165, 1.54) is 0 Å². The summed E-state index contributed by atoms with van der Waals surface area (Å²) < 4.78 is 5.17. The first-order chi connectivity index (χ1) is 7.79. The van der Waals surface area contributed by atoms with Crippen molar-refractivity contribution in [3.8, 4) is 5.75 Å². The van der Waals surface area contributed by atoms with Gasteiger partial charge in [0.1, 0.15) is 5.75 Å². The van der Waals surface area contributed by atoms with Gasteiger partial charge in [0.05, 0.1) is 12.7 Å². The van der Waals surface area contributed by atoms with Crippen molar-refractivity contribution in [3.63, 3.8) is 0 Å². The van der Waals surface area contributed by atoms with E-state index >= 15 is 0 Å². The number of nitrogens with one attached hydrogen (secondary N) is 2. The monoisotopic (exact) mass is 216 g/mol. The molecule has 0 atom stereocenters. The van der Waals surface area contributed by atoms with Crippen molar-refractivity contribution in [1.82, 2.24) is 10.3 Å². The minimum absolute atomic E-state index is 0.000697. The summed E-state index contributed by atoms with van der Waals surface area (Å²) in [5.74, 6) is 0.772. The molecule has 0 fully saturated rings. The SMILES string of the molecule is COc1ccc2[nH]c3c(c2c1)C(=O)NCC3. The van der Waals surface area contributed by atoms with Crippen molar-refractivity contribution >= 4 is 16.8 Å². The lowest BCUT2D eigenvalue weighted by molar-refractivity contribution is 0.0947. The number of benzene rings is 1. The van der Waals surface area contributed by atoms with Crippen LogP contribution in [-0.4, -0.2) is 24.5 Å². The van der Waals surface area contributed by atoms with Gasteiger partial charge in [0.2, 0.25) is 0 Å². The number of hydrogen-bond donors (Lipinski definition) is 2. The minimum atomic E-state index is 0.000697. The van der Waals surface area contributed by atoms with Gasteiger partial charge in [-0.2, -0.15) is 0 Å². The second kappa shape index (κ2) is 3.27. The lowest BCUT2D eigenvalue weighted by Gasteiger charge is -2.12. The van der Waals surface area contributed by atoms with E-state index in [0.717, 1.165) is 34.3 Å². The van der Waals surface area contributed by atoms with Crippen LogP contribution in [0.4, 0.5) is 0 Å². The summed E-state index contributed by atoms with van der Waals surface area (Å²) in [7, 11) is 1.63. The summed E-state index contributed by atoms with van der Waals surface area (Å²) >= 11 is 0. The van der Waals surface area contributed by atoms with Gasteiger partial charge in [0, 0.05) is 29.6 Å². The zero-order valence-electron chi connectivity index (χ0n) is 8.96. The Morgan fingerprint density at radius 2 is 2.25 bits per heavy atom. The van der Waals surface area contributed by atoms with Crippen LogP contribution >= 0.6 is 0 Å². The Morgan fingerprint density at radius 1 is 1.38 bits per heavy atom. The highest BCUT2D eigenvalue weighted by Gasteiger charge is 2.21. The van der Waals surface area contributed by atoms with Gasteiger partial charge in [-0.1, -0.05) is 0 Å². The maximum absolute atomic E-state index is 11.8. The molecule has 4 heteroatoms. The number of amides is 1. The Labute approximate surface area is 92.6 Å². The van der Waals surface area contributed by atoms with Crippen LogP contribution in [0, 0.1) is 0 Å². The fourth-order valence-electron chi connectivity index (χ4n) is 2.19. The van der Waals surface area contributed by atoms with Gasteiger partial charge >= 0.3 is 0 Å². The second-order valence-electron chi connectivity index (χ2n) is 3.90. The molecule has 0 saturated heterocycles. The van der Waals surface area contributed by atoms with Crippen LogP contribution in [0.2, 0.25) is 0 Å². The van der Waals surface area contributed by atoms with Crippen molar-refractivity contribution in [1.29, 1.82) is 0 Å². The van der Waals surface area contributed by atoms with E-state index in [4.69, 9.17) is 4.74 Å². The van der Waals surface area contributed by atoms with Crippen molar-refractivity contribution in [2.24, 2.45) is 0 Å². The van der Waals surface area contributed by atoms with E-state index in [0.29, 0.717) is 6.54 Å². The smallest absolute Gasteiger partial charge is 0.253 e. The zero-order valence-corrected chi connectivity index (χ0v) is 8.96. The Morgan fingerprint density at radius 3 is 3.06 bits per heavy atom. The van der Waals surface area contributed by atoms with Crippen LogP contribution in [-0.2, 0) is 6.42 Å². The molecule has 3 rings (SSSR count). The number of carbonyl (C=O) groups excluding carboxylic acids is 1. The minimum Gasteiger partial charge on any atom is -0.497 e. The van der Waals surface area contributed by atoms with Gasteiger partial charge in [-0.3, -0.25) is 4.79 Å². The predicted octanol–water partition coefficient (Wildman–Crippen LogP) is 1.46. The number of aromatic amines is 1. The maximum atomic E-state index is 11.8. The van der Waals surface area contributed by atoms with E-state index in [1.807, 2.05) is 18.2 Å². The number of methoxy groups -OCH3 is 1. The normalized spacial score (nSPS) is 14.7. The number of ether oxygens (including phenoxy) is 1. The molecule has 1 aromatic carbocycles. The molecule has 2 aromatic rings. The average Bonchev–Trinajstić information content (AvgIpc) is 2.67. The third-order valence-electron chi connectivity index (χ3n) is 2.97. The Kier molecular flexibility index (Phi) is 1.89. The quantitative estimate of drug-likeness (QED) is 0.758. The van der Waals surface area contributed by atoms with E-state index in [2.05, 4.69) is 10.3 Å². The summed E-state index contributed by atoms with van der Waals surface area (Å²) in [6, 6.07) is 5.73. The summed E-state index contributed by atoms with van der Waals surface area (Å²) in [6.07, 6.45) is 0.859. The molecule has 0 unspecified atom stereocenters. The molecule has 0 aliphatic carbocycles. The molecule has 16 heavy (non-hydrogen) atoms. The van der Waals surface area contributed by atoms with Gasteiger partial charge in [-0.25, -0.2) is 0 Å². The van der Waals surface area contributed by atoms with Gasteiger partial charge in [-0.15, -0.1) is 0 Å². The lowest BCUT2D eigenvalue weighted by atomic mass is 10.1. The summed E-state index contributed by atoms with van der Waals surface area (Å²) in [5.41, 5.74) is 2.77. The predicted molar refractivity (Wildman–Crippen MR) is 60.9 cm³/mol. The number of hydrogen-bond acceptors (Lipinski definition) is 2. The molecule has 2 N–H and O–H groups in total. The zero-order chi connectivity index (χ0) is 11.1. The van der Waals surface area contributed by atoms with Crippen LogP contribution in [0.15, 0.2) is 18.2 Å². The molecule has 0 radical (unpaired) electrons. The van der Waals surface area contributed by atoms with Gasteiger partial charge in [-0.05, 0) is 18.2 Å². The highest BCUT2D eigenvalue weighted by molar-refractivity contribution is 6.09. The van der Waals surface area contributed by atoms with Gasteiger partial charge in [0.25, 0.3) is 5.91 Å². The highest BCUT2D eigenvalue weighted by Crippen LogP contribution is 2.28. The standard InChI is InChI=1S/C12H12N2O2/c1-16-7-2-3-9-8(6-7)11-10(14-9)4-5-13-12(11)15/h2-3,6,14H,4-5H2,1H3,(H,13,15). The highest BCUT2D eigenvalue weighted by atomic mass is 16.5. The summed E-state index contributed by atoms with van der Waals surface area (Å²) in [5, 5.41) is 3.79. The third kappa shape index (κ3) is 1.19. The molecule has 0 bridgehead atoms.